The zero-order chi connectivity index (χ0) is 10.1. The molecular formula is C12H18O2. The van der Waals surface area contributed by atoms with Crippen LogP contribution in [0.15, 0.2) is 0 Å². The smallest absolute Gasteiger partial charge is 0.143 e. The van der Waals surface area contributed by atoms with Crippen LogP contribution in [0.1, 0.15) is 45.4 Å². The average Bonchev–Trinajstić information content (AvgIpc) is 2.18. The van der Waals surface area contributed by atoms with Gasteiger partial charge >= 0.3 is 0 Å². The van der Waals surface area contributed by atoms with Crippen molar-refractivity contribution in [1.82, 2.24) is 0 Å². The molecule has 0 aromatic heterocycles. The summed E-state index contributed by atoms with van der Waals surface area (Å²) >= 11 is 0. The van der Waals surface area contributed by atoms with E-state index in [1.807, 2.05) is 0 Å². The molecule has 0 aromatic carbocycles. The van der Waals surface area contributed by atoms with E-state index < -0.39 is 0 Å². The molecule has 2 heteroatoms. The number of rotatable bonds is 3. The Balaban J connectivity index is 1.97. The number of carbonyl (C=O) groups excluding carboxylic acids is 2. The van der Waals surface area contributed by atoms with Crippen molar-refractivity contribution in [2.45, 2.75) is 45.4 Å². The van der Waals surface area contributed by atoms with Crippen molar-refractivity contribution in [2.75, 3.05) is 0 Å². The highest BCUT2D eigenvalue weighted by atomic mass is 16.1. The Kier molecular flexibility index (Phi) is 2.71. The first-order valence-electron chi connectivity index (χ1n) is 5.69. The van der Waals surface area contributed by atoms with Crippen LogP contribution in [-0.4, -0.2) is 11.6 Å². The molecule has 3 aliphatic rings. The molecule has 14 heavy (non-hydrogen) atoms. The molecule has 0 N–H and O–H groups in total. The predicted molar refractivity (Wildman–Crippen MR) is 53.9 cm³/mol. The molecule has 3 rings (SSSR count). The topological polar surface area (TPSA) is 34.1 Å². The molecular weight excluding hydrogens is 176 g/mol. The van der Waals surface area contributed by atoms with Crippen LogP contribution >= 0.6 is 0 Å². The fourth-order valence-electron chi connectivity index (χ4n) is 3.15. The molecule has 0 spiro atoms. The summed E-state index contributed by atoms with van der Waals surface area (Å²) in [5, 5.41) is 0. The number of fused-ring (bicyclic) bond motifs is 3. The summed E-state index contributed by atoms with van der Waals surface area (Å²) < 4.78 is 0. The van der Waals surface area contributed by atoms with Gasteiger partial charge in [0.15, 0.2) is 0 Å². The number of hydrogen-bond acceptors (Lipinski definition) is 2. The van der Waals surface area contributed by atoms with Gasteiger partial charge in [0.25, 0.3) is 0 Å². The van der Waals surface area contributed by atoms with Gasteiger partial charge in [-0.2, -0.15) is 0 Å². The Hall–Kier alpha value is -0.660. The number of Topliss-reactive ketones (excluding diaryl/α,β-unsaturated/α-hetero) is 2. The largest absolute Gasteiger partial charge is 0.300 e. The second-order valence-electron chi connectivity index (χ2n) is 4.97. The van der Waals surface area contributed by atoms with Crippen LogP contribution in [-0.2, 0) is 9.59 Å². The number of carbonyl (C=O) groups is 2. The van der Waals surface area contributed by atoms with Gasteiger partial charge in [0, 0.05) is 5.92 Å². The van der Waals surface area contributed by atoms with E-state index in [1.54, 1.807) is 0 Å². The minimum absolute atomic E-state index is 0.0245. The average molecular weight is 194 g/mol. The fraction of sp³-hybridized carbons (Fsp3) is 0.833. The molecule has 0 saturated heterocycles. The highest BCUT2D eigenvalue weighted by Gasteiger charge is 2.38. The van der Waals surface area contributed by atoms with Gasteiger partial charge in [-0.25, -0.2) is 0 Å². The maximum absolute atomic E-state index is 11.8. The minimum atomic E-state index is 0.0245. The summed E-state index contributed by atoms with van der Waals surface area (Å²) in [5.41, 5.74) is 0. The molecule has 0 aromatic rings. The van der Waals surface area contributed by atoms with Gasteiger partial charge in [0.2, 0.25) is 0 Å². The maximum atomic E-state index is 11.8. The van der Waals surface area contributed by atoms with Gasteiger partial charge in [-0.3, -0.25) is 9.59 Å². The zero-order valence-electron chi connectivity index (χ0n) is 8.79. The Morgan fingerprint density at radius 3 is 2.21 bits per heavy atom. The van der Waals surface area contributed by atoms with E-state index in [0.29, 0.717) is 5.92 Å². The Morgan fingerprint density at radius 1 is 1.14 bits per heavy atom. The Bertz CT molecular complexity index is 249. The summed E-state index contributed by atoms with van der Waals surface area (Å²) in [6.07, 6.45) is 6.31. The van der Waals surface area contributed by atoms with Gasteiger partial charge in [0.1, 0.15) is 11.6 Å². The van der Waals surface area contributed by atoms with Crippen LogP contribution in [0.3, 0.4) is 0 Å². The van der Waals surface area contributed by atoms with Crippen molar-refractivity contribution in [3.63, 3.8) is 0 Å². The number of hydrogen-bond donors (Lipinski definition) is 0. The van der Waals surface area contributed by atoms with Crippen molar-refractivity contribution in [1.29, 1.82) is 0 Å². The normalized spacial score (nSPS) is 35.6. The number of ketones is 2. The van der Waals surface area contributed by atoms with E-state index in [4.69, 9.17) is 0 Å². The lowest BCUT2D eigenvalue weighted by Crippen LogP contribution is -2.36. The summed E-state index contributed by atoms with van der Waals surface area (Å²) in [4.78, 5) is 22.7. The van der Waals surface area contributed by atoms with Crippen LogP contribution in [0.25, 0.3) is 0 Å². The highest BCUT2D eigenvalue weighted by Crippen LogP contribution is 2.45. The summed E-state index contributed by atoms with van der Waals surface area (Å²) in [6.45, 7) is 1.51. The third-order valence-electron chi connectivity index (χ3n) is 3.88. The minimum Gasteiger partial charge on any atom is -0.300 e. The summed E-state index contributed by atoms with van der Waals surface area (Å²) in [6, 6.07) is 0. The Labute approximate surface area is 85.1 Å². The van der Waals surface area contributed by atoms with Crippen LogP contribution in [0.2, 0.25) is 0 Å². The molecule has 2 bridgehead atoms. The first kappa shape index (κ1) is 9.88. The van der Waals surface area contributed by atoms with Gasteiger partial charge in [-0.1, -0.05) is 12.8 Å². The van der Waals surface area contributed by atoms with Gasteiger partial charge in [-0.15, -0.1) is 0 Å². The highest BCUT2D eigenvalue weighted by molar-refractivity contribution is 5.99. The third-order valence-corrected chi connectivity index (χ3v) is 3.88. The molecule has 0 amide bonds. The quantitative estimate of drug-likeness (QED) is 0.646. The van der Waals surface area contributed by atoms with Crippen molar-refractivity contribution in [2.24, 2.45) is 17.8 Å². The van der Waals surface area contributed by atoms with Crippen molar-refractivity contribution in [3.8, 4) is 0 Å². The van der Waals surface area contributed by atoms with E-state index in [2.05, 4.69) is 0 Å². The summed E-state index contributed by atoms with van der Waals surface area (Å²) in [7, 11) is 0. The molecule has 1 atom stereocenters. The van der Waals surface area contributed by atoms with Crippen LogP contribution in [0.5, 0.6) is 0 Å². The van der Waals surface area contributed by atoms with E-state index in [0.717, 1.165) is 12.3 Å². The SMILES string of the molecule is CC(=O)CC(=O)C1CC2CCC1CC2. The third kappa shape index (κ3) is 1.89. The van der Waals surface area contributed by atoms with E-state index >= 15 is 0 Å². The van der Waals surface area contributed by atoms with Crippen LogP contribution in [0.4, 0.5) is 0 Å². The van der Waals surface area contributed by atoms with Gasteiger partial charge < -0.3 is 0 Å². The predicted octanol–water partition coefficient (Wildman–Crippen LogP) is 2.36. The van der Waals surface area contributed by atoms with Crippen LogP contribution < -0.4 is 0 Å². The molecule has 0 aliphatic heterocycles. The van der Waals surface area contributed by atoms with Crippen LogP contribution in [0, 0.1) is 17.8 Å². The maximum Gasteiger partial charge on any atom is 0.143 e. The second-order valence-corrected chi connectivity index (χ2v) is 4.97. The lowest BCUT2D eigenvalue weighted by molar-refractivity contribution is -0.132. The van der Waals surface area contributed by atoms with Gasteiger partial charge in [-0.05, 0) is 38.0 Å². The monoisotopic (exact) mass is 194 g/mol. The lowest BCUT2D eigenvalue weighted by Gasteiger charge is -2.41. The van der Waals surface area contributed by atoms with E-state index in [9.17, 15) is 9.59 Å². The molecule has 3 fully saturated rings. The zero-order valence-corrected chi connectivity index (χ0v) is 8.79. The van der Waals surface area contributed by atoms with Crippen molar-refractivity contribution in [3.05, 3.63) is 0 Å². The fourth-order valence-corrected chi connectivity index (χ4v) is 3.15. The molecule has 3 saturated carbocycles. The molecule has 78 valence electrons. The van der Waals surface area contributed by atoms with E-state index in [-0.39, 0.29) is 23.9 Å². The summed E-state index contributed by atoms with van der Waals surface area (Å²) in [5.74, 6) is 1.85. The molecule has 1 unspecified atom stereocenters. The molecule has 0 heterocycles. The molecule has 3 aliphatic carbocycles. The first-order valence-corrected chi connectivity index (χ1v) is 5.69. The first-order chi connectivity index (χ1) is 6.66. The lowest BCUT2D eigenvalue weighted by atomic mass is 9.63. The standard InChI is InChI=1S/C12H18O2/c1-8(13)6-12(14)11-7-9-2-4-10(11)5-3-9/h9-11H,2-7H2,1H3. The second kappa shape index (κ2) is 3.84. The van der Waals surface area contributed by atoms with Crippen molar-refractivity contribution >= 4 is 11.6 Å². The Morgan fingerprint density at radius 2 is 1.79 bits per heavy atom. The molecule has 0 radical (unpaired) electrons. The van der Waals surface area contributed by atoms with E-state index in [1.165, 1.54) is 32.6 Å². The molecule has 2 nitrogen and oxygen atoms in total. The van der Waals surface area contributed by atoms with Gasteiger partial charge in [0.05, 0.1) is 6.42 Å². The van der Waals surface area contributed by atoms with Crippen molar-refractivity contribution < 1.29 is 9.59 Å².